The predicted octanol–water partition coefficient (Wildman–Crippen LogP) is 5.01. The van der Waals surface area contributed by atoms with E-state index in [9.17, 15) is 0 Å². The number of rotatable bonds is 8. The maximum Gasteiger partial charge on any atom is -0.00185 e. The highest BCUT2D eigenvalue weighted by atomic mass is 15.1. The molecular weight excluding hydrogens is 242 g/mol. The lowest BCUT2D eigenvalue weighted by atomic mass is 9.80. The Morgan fingerprint density at radius 2 is 1.80 bits per heavy atom. The average molecular weight is 273 g/mol. The number of aryl methyl sites for hydroxylation is 1. The van der Waals surface area contributed by atoms with E-state index in [2.05, 4.69) is 43.0 Å². The molecule has 2 rings (SSSR count). The Morgan fingerprint density at radius 1 is 1.05 bits per heavy atom. The summed E-state index contributed by atoms with van der Waals surface area (Å²) in [5.41, 5.74) is 3.26. The topological polar surface area (TPSA) is 3.24 Å². The summed E-state index contributed by atoms with van der Waals surface area (Å²) in [6, 6.07) is 9.13. The van der Waals surface area contributed by atoms with Crippen LogP contribution >= 0.6 is 0 Å². The van der Waals surface area contributed by atoms with Crippen molar-refractivity contribution in [3.05, 3.63) is 35.4 Å². The van der Waals surface area contributed by atoms with Crippen molar-refractivity contribution >= 4 is 0 Å². The van der Waals surface area contributed by atoms with Crippen LogP contribution in [0, 0.1) is 0 Å². The first-order valence-corrected chi connectivity index (χ1v) is 8.65. The van der Waals surface area contributed by atoms with Crippen molar-refractivity contribution in [1.29, 1.82) is 0 Å². The Bertz CT molecular complexity index is 379. The highest BCUT2D eigenvalue weighted by Gasteiger charge is 2.19. The monoisotopic (exact) mass is 273 g/mol. The van der Waals surface area contributed by atoms with Crippen LogP contribution in [0.25, 0.3) is 0 Å². The highest BCUT2D eigenvalue weighted by molar-refractivity contribution is 5.32. The second-order valence-electron chi connectivity index (χ2n) is 6.27. The lowest BCUT2D eigenvalue weighted by Crippen LogP contribution is -2.27. The number of hydrogen-bond donors (Lipinski definition) is 0. The van der Waals surface area contributed by atoms with E-state index in [0.29, 0.717) is 0 Å². The van der Waals surface area contributed by atoms with Crippen LogP contribution in [-0.2, 0) is 6.42 Å². The molecule has 0 radical (unpaired) electrons. The van der Waals surface area contributed by atoms with Gasteiger partial charge in [0.25, 0.3) is 0 Å². The van der Waals surface area contributed by atoms with Crippen LogP contribution in [-0.4, -0.2) is 24.5 Å². The van der Waals surface area contributed by atoms with E-state index in [-0.39, 0.29) is 0 Å². The summed E-state index contributed by atoms with van der Waals surface area (Å²) in [5, 5.41) is 0. The fourth-order valence-electron chi connectivity index (χ4n) is 3.68. The Balaban J connectivity index is 1.82. The van der Waals surface area contributed by atoms with Crippen molar-refractivity contribution in [3.8, 4) is 0 Å². The Kier molecular flexibility index (Phi) is 6.59. The standard InChI is InChI=1S/C19H31N/c1-3-14-20(15-4-2)16-8-12-18-11-7-10-17-9-5-6-13-19(17)18/h5-6,9,13,18H,3-4,7-8,10-12,14-16H2,1-2H3/t18-/m0/s1. The first-order valence-electron chi connectivity index (χ1n) is 8.65. The van der Waals surface area contributed by atoms with Gasteiger partial charge in [-0.2, -0.15) is 0 Å². The minimum Gasteiger partial charge on any atom is -0.303 e. The molecule has 0 bridgehead atoms. The van der Waals surface area contributed by atoms with E-state index in [1.807, 2.05) is 0 Å². The third kappa shape index (κ3) is 4.34. The molecule has 1 aliphatic carbocycles. The largest absolute Gasteiger partial charge is 0.303 e. The molecule has 20 heavy (non-hydrogen) atoms. The van der Waals surface area contributed by atoms with Gasteiger partial charge in [0, 0.05) is 0 Å². The molecule has 1 aliphatic rings. The van der Waals surface area contributed by atoms with Crippen LogP contribution in [0.4, 0.5) is 0 Å². The molecule has 1 heteroatoms. The number of fused-ring (bicyclic) bond motifs is 1. The zero-order valence-electron chi connectivity index (χ0n) is 13.4. The van der Waals surface area contributed by atoms with Crippen molar-refractivity contribution in [2.45, 2.75) is 64.7 Å². The molecule has 0 spiro atoms. The van der Waals surface area contributed by atoms with Crippen molar-refractivity contribution in [2.75, 3.05) is 19.6 Å². The van der Waals surface area contributed by atoms with E-state index >= 15 is 0 Å². The third-order valence-corrected chi connectivity index (χ3v) is 4.60. The molecule has 0 aliphatic heterocycles. The number of benzene rings is 1. The molecule has 0 N–H and O–H groups in total. The lowest BCUT2D eigenvalue weighted by molar-refractivity contribution is 0.264. The molecule has 0 saturated heterocycles. The van der Waals surface area contributed by atoms with E-state index in [0.717, 1.165) is 5.92 Å². The fourth-order valence-corrected chi connectivity index (χ4v) is 3.68. The quantitative estimate of drug-likeness (QED) is 0.643. The maximum atomic E-state index is 2.65. The zero-order valence-corrected chi connectivity index (χ0v) is 13.4. The predicted molar refractivity (Wildman–Crippen MR) is 88.4 cm³/mol. The minimum absolute atomic E-state index is 0.824. The fraction of sp³-hybridized carbons (Fsp3) is 0.684. The van der Waals surface area contributed by atoms with Gasteiger partial charge in [-0.1, -0.05) is 38.1 Å². The van der Waals surface area contributed by atoms with Crippen LogP contribution in [0.2, 0.25) is 0 Å². The van der Waals surface area contributed by atoms with E-state index in [1.54, 1.807) is 11.1 Å². The van der Waals surface area contributed by atoms with Crippen LogP contribution in [0.1, 0.15) is 69.4 Å². The van der Waals surface area contributed by atoms with Gasteiger partial charge in [0.1, 0.15) is 0 Å². The van der Waals surface area contributed by atoms with Crippen molar-refractivity contribution in [3.63, 3.8) is 0 Å². The summed E-state index contributed by atoms with van der Waals surface area (Å²) >= 11 is 0. The smallest absolute Gasteiger partial charge is 0.00185 e. The van der Waals surface area contributed by atoms with E-state index in [1.165, 1.54) is 64.6 Å². The molecule has 0 aromatic heterocycles. The number of hydrogen-bond acceptors (Lipinski definition) is 1. The zero-order chi connectivity index (χ0) is 14.2. The molecule has 0 unspecified atom stereocenters. The number of nitrogens with zero attached hydrogens (tertiary/aromatic N) is 1. The second-order valence-corrected chi connectivity index (χ2v) is 6.27. The third-order valence-electron chi connectivity index (χ3n) is 4.60. The van der Waals surface area contributed by atoms with Crippen molar-refractivity contribution < 1.29 is 0 Å². The highest BCUT2D eigenvalue weighted by Crippen LogP contribution is 2.34. The summed E-state index contributed by atoms with van der Waals surface area (Å²) < 4.78 is 0. The summed E-state index contributed by atoms with van der Waals surface area (Å²) in [6.07, 6.45) is 9.39. The van der Waals surface area contributed by atoms with Gasteiger partial charge in [-0.3, -0.25) is 0 Å². The molecule has 112 valence electrons. The van der Waals surface area contributed by atoms with Gasteiger partial charge in [-0.25, -0.2) is 0 Å². The van der Waals surface area contributed by atoms with Crippen LogP contribution in [0.5, 0.6) is 0 Å². The molecule has 0 heterocycles. The van der Waals surface area contributed by atoms with Gasteiger partial charge in [-0.05, 0) is 81.6 Å². The maximum absolute atomic E-state index is 2.65. The van der Waals surface area contributed by atoms with Gasteiger partial charge in [0.05, 0.1) is 0 Å². The van der Waals surface area contributed by atoms with Crippen LogP contribution < -0.4 is 0 Å². The lowest BCUT2D eigenvalue weighted by Gasteiger charge is -2.27. The molecule has 1 aromatic carbocycles. The summed E-state index contributed by atoms with van der Waals surface area (Å²) in [6.45, 7) is 8.42. The molecule has 1 atom stereocenters. The van der Waals surface area contributed by atoms with Gasteiger partial charge in [-0.15, -0.1) is 0 Å². The van der Waals surface area contributed by atoms with E-state index in [4.69, 9.17) is 0 Å². The molecular formula is C19H31N. The Morgan fingerprint density at radius 3 is 2.55 bits per heavy atom. The van der Waals surface area contributed by atoms with Crippen molar-refractivity contribution in [1.82, 2.24) is 4.90 Å². The Labute approximate surface area is 125 Å². The normalized spacial score (nSPS) is 18.2. The molecule has 1 aromatic rings. The average Bonchev–Trinajstić information content (AvgIpc) is 2.48. The van der Waals surface area contributed by atoms with Gasteiger partial charge in [0.2, 0.25) is 0 Å². The van der Waals surface area contributed by atoms with Crippen LogP contribution in [0.15, 0.2) is 24.3 Å². The van der Waals surface area contributed by atoms with Gasteiger partial charge < -0.3 is 4.90 Å². The van der Waals surface area contributed by atoms with Crippen molar-refractivity contribution in [2.24, 2.45) is 0 Å². The first-order chi connectivity index (χ1) is 9.85. The summed E-state index contributed by atoms with van der Waals surface area (Å²) in [5.74, 6) is 0.824. The van der Waals surface area contributed by atoms with E-state index < -0.39 is 0 Å². The molecule has 0 saturated carbocycles. The Hall–Kier alpha value is -0.820. The molecule has 0 amide bonds. The molecule has 1 nitrogen and oxygen atoms in total. The minimum atomic E-state index is 0.824. The second kappa shape index (κ2) is 8.46. The summed E-state index contributed by atoms with van der Waals surface area (Å²) in [4.78, 5) is 2.65. The molecule has 0 fully saturated rings. The SMILES string of the molecule is CCCN(CCC)CCC[C@@H]1CCCc2ccccc21. The van der Waals surface area contributed by atoms with Crippen LogP contribution in [0.3, 0.4) is 0 Å². The first kappa shape index (κ1) is 15.6. The van der Waals surface area contributed by atoms with Gasteiger partial charge >= 0.3 is 0 Å². The van der Waals surface area contributed by atoms with Gasteiger partial charge in [0.15, 0.2) is 0 Å². The summed E-state index contributed by atoms with van der Waals surface area (Å²) in [7, 11) is 0.